The highest BCUT2D eigenvalue weighted by atomic mass is 16.5. The number of carbonyl (C=O) groups is 2. The van der Waals surface area contributed by atoms with Crippen molar-refractivity contribution < 1.29 is 19.1 Å². The van der Waals surface area contributed by atoms with E-state index in [0.717, 1.165) is 14.2 Å². The number of ether oxygens (including phenoxy) is 2. The molecule has 0 fully saturated rings. The fourth-order valence-electron chi connectivity index (χ4n) is 0.615. The molecule has 0 aliphatic carbocycles. The largest absolute Gasteiger partial charge is 0.463 e. The summed E-state index contributed by atoms with van der Waals surface area (Å²) in [6.45, 7) is 0. The van der Waals surface area contributed by atoms with Crippen LogP contribution in [0.4, 0.5) is 4.79 Å². The lowest BCUT2D eigenvalue weighted by atomic mass is 10.6. The molecule has 0 aliphatic rings. The van der Waals surface area contributed by atoms with Gasteiger partial charge in [-0.1, -0.05) is 0 Å². The van der Waals surface area contributed by atoms with Gasteiger partial charge < -0.3 is 9.47 Å². The molecule has 8 heteroatoms. The third-order valence-electron chi connectivity index (χ3n) is 1.19. The van der Waals surface area contributed by atoms with Gasteiger partial charge in [0.05, 0.1) is 14.2 Å². The SMILES string of the molecule is COC(=O)c1nnnn1C(=O)OC. The molecule has 13 heavy (non-hydrogen) atoms. The normalized spacial score (nSPS) is 9.38. The number of hydrogen-bond acceptors (Lipinski definition) is 7. The van der Waals surface area contributed by atoms with Crippen LogP contribution >= 0.6 is 0 Å². The van der Waals surface area contributed by atoms with Gasteiger partial charge in [0.15, 0.2) is 0 Å². The molecular formula is C5H6N4O4. The van der Waals surface area contributed by atoms with E-state index in [1.165, 1.54) is 0 Å². The molecule has 0 aromatic carbocycles. The molecule has 0 bridgehead atoms. The first kappa shape index (κ1) is 9.10. The van der Waals surface area contributed by atoms with Crippen LogP contribution in [-0.4, -0.2) is 46.5 Å². The number of hydrogen-bond donors (Lipinski definition) is 0. The molecule has 0 aliphatic heterocycles. The topological polar surface area (TPSA) is 96.2 Å². The predicted octanol–water partition coefficient (Wildman–Crippen LogP) is -0.926. The van der Waals surface area contributed by atoms with Gasteiger partial charge in [-0.25, -0.2) is 9.59 Å². The summed E-state index contributed by atoms with van der Waals surface area (Å²) in [5.74, 6) is -1.13. The van der Waals surface area contributed by atoms with Crippen LogP contribution in [0.15, 0.2) is 0 Å². The van der Waals surface area contributed by atoms with E-state index in [1.54, 1.807) is 0 Å². The van der Waals surface area contributed by atoms with Gasteiger partial charge in [-0.15, -0.1) is 9.78 Å². The number of rotatable bonds is 1. The number of nitrogens with zero attached hydrogens (tertiary/aromatic N) is 4. The lowest BCUT2D eigenvalue weighted by Crippen LogP contribution is -2.20. The average molecular weight is 186 g/mol. The fraction of sp³-hybridized carbons (Fsp3) is 0.400. The van der Waals surface area contributed by atoms with Gasteiger partial charge in [0.25, 0.3) is 5.82 Å². The van der Waals surface area contributed by atoms with Gasteiger partial charge in [0.1, 0.15) is 0 Å². The van der Waals surface area contributed by atoms with Crippen LogP contribution < -0.4 is 0 Å². The van der Waals surface area contributed by atoms with Crippen molar-refractivity contribution in [2.45, 2.75) is 0 Å². The minimum Gasteiger partial charge on any atom is -0.463 e. The highest BCUT2D eigenvalue weighted by molar-refractivity contribution is 5.88. The summed E-state index contributed by atoms with van der Waals surface area (Å²) in [7, 11) is 2.30. The molecule has 8 nitrogen and oxygen atoms in total. The molecule has 1 aromatic heterocycles. The molecule has 0 spiro atoms. The van der Waals surface area contributed by atoms with Crippen molar-refractivity contribution in [3.63, 3.8) is 0 Å². The Morgan fingerprint density at radius 2 is 2.00 bits per heavy atom. The summed E-state index contributed by atoms with van der Waals surface area (Å²) in [6.07, 6.45) is -0.856. The lowest BCUT2D eigenvalue weighted by molar-refractivity contribution is 0.0577. The zero-order valence-electron chi connectivity index (χ0n) is 6.92. The van der Waals surface area contributed by atoms with Gasteiger partial charge in [-0.3, -0.25) is 0 Å². The van der Waals surface area contributed by atoms with Crippen LogP contribution in [0.3, 0.4) is 0 Å². The zero-order valence-corrected chi connectivity index (χ0v) is 6.92. The summed E-state index contributed by atoms with van der Waals surface area (Å²) in [5, 5.41) is 9.64. The minimum atomic E-state index is -0.856. The number of tetrazole rings is 1. The minimum absolute atomic E-state index is 0.325. The van der Waals surface area contributed by atoms with Gasteiger partial charge in [0.2, 0.25) is 0 Å². The molecule has 1 aromatic rings. The summed E-state index contributed by atoms with van der Waals surface area (Å²) in [5.41, 5.74) is 0. The maximum atomic E-state index is 10.9. The standard InChI is InChI=1S/C5H6N4O4/c1-12-4(10)3-6-7-8-9(3)5(11)13-2/h1-2H3. The van der Waals surface area contributed by atoms with Crippen LogP contribution in [0.1, 0.15) is 10.6 Å². The lowest BCUT2D eigenvalue weighted by Gasteiger charge is -1.98. The van der Waals surface area contributed by atoms with Gasteiger partial charge in [-0.05, 0) is 10.4 Å². The Kier molecular flexibility index (Phi) is 2.52. The second kappa shape index (κ2) is 3.61. The van der Waals surface area contributed by atoms with E-state index in [9.17, 15) is 9.59 Å². The van der Waals surface area contributed by atoms with E-state index >= 15 is 0 Å². The van der Waals surface area contributed by atoms with E-state index < -0.39 is 12.1 Å². The Morgan fingerprint density at radius 1 is 1.31 bits per heavy atom. The predicted molar refractivity (Wildman–Crippen MR) is 37.0 cm³/mol. The van der Waals surface area contributed by atoms with E-state index in [4.69, 9.17) is 0 Å². The summed E-state index contributed by atoms with van der Waals surface area (Å²) in [4.78, 5) is 21.8. The Hall–Kier alpha value is -1.99. The van der Waals surface area contributed by atoms with Crippen molar-refractivity contribution in [2.24, 2.45) is 0 Å². The number of methoxy groups -OCH3 is 2. The molecule has 0 atom stereocenters. The second-order valence-electron chi connectivity index (χ2n) is 1.88. The summed E-state index contributed by atoms with van der Waals surface area (Å²) < 4.78 is 9.23. The van der Waals surface area contributed by atoms with Crippen molar-refractivity contribution >= 4 is 12.1 Å². The average Bonchev–Trinajstić information content (AvgIpc) is 2.63. The second-order valence-corrected chi connectivity index (χ2v) is 1.88. The number of carbonyl (C=O) groups excluding carboxylic acids is 2. The van der Waals surface area contributed by atoms with E-state index in [0.29, 0.717) is 4.68 Å². The van der Waals surface area contributed by atoms with E-state index in [1.807, 2.05) is 0 Å². The molecule has 70 valence electrons. The van der Waals surface area contributed by atoms with Crippen LogP contribution in [-0.2, 0) is 9.47 Å². The number of esters is 1. The van der Waals surface area contributed by atoms with Crippen molar-refractivity contribution in [1.82, 2.24) is 20.2 Å². The summed E-state index contributed by atoms with van der Waals surface area (Å²) >= 11 is 0. The molecule has 1 rings (SSSR count). The van der Waals surface area contributed by atoms with E-state index in [-0.39, 0.29) is 5.82 Å². The first-order chi connectivity index (χ1) is 6.20. The van der Waals surface area contributed by atoms with Crippen LogP contribution in [0, 0.1) is 0 Å². The highest BCUT2D eigenvalue weighted by Crippen LogP contribution is 1.95. The quantitative estimate of drug-likeness (QED) is 0.413. The van der Waals surface area contributed by atoms with Crippen molar-refractivity contribution in [1.29, 1.82) is 0 Å². The van der Waals surface area contributed by atoms with Crippen molar-refractivity contribution in [3.05, 3.63) is 5.82 Å². The van der Waals surface area contributed by atoms with Crippen LogP contribution in [0.5, 0.6) is 0 Å². The Balaban J connectivity index is 3.02. The molecule has 0 saturated carbocycles. The smallest absolute Gasteiger partial charge is 0.438 e. The molecule has 0 N–H and O–H groups in total. The van der Waals surface area contributed by atoms with Gasteiger partial charge in [-0.2, -0.15) is 0 Å². The van der Waals surface area contributed by atoms with Crippen molar-refractivity contribution in [3.8, 4) is 0 Å². The third-order valence-corrected chi connectivity index (χ3v) is 1.19. The molecular weight excluding hydrogens is 180 g/mol. The molecule has 0 radical (unpaired) electrons. The first-order valence-corrected chi connectivity index (χ1v) is 3.15. The van der Waals surface area contributed by atoms with Gasteiger partial charge >= 0.3 is 12.1 Å². The third kappa shape index (κ3) is 1.60. The number of aromatic nitrogens is 4. The highest BCUT2D eigenvalue weighted by Gasteiger charge is 2.20. The Bertz CT molecular complexity index is 303. The van der Waals surface area contributed by atoms with E-state index in [2.05, 4.69) is 25.0 Å². The molecule has 0 unspecified atom stereocenters. The Labute approximate surface area is 72.4 Å². The van der Waals surface area contributed by atoms with Crippen LogP contribution in [0.2, 0.25) is 0 Å². The molecule has 0 amide bonds. The molecule has 0 saturated heterocycles. The monoisotopic (exact) mass is 186 g/mol. The van der Waals surface area contributed by atoms with Crippen LogP contribution in [0.25, 0.3) is 0 Å². The maximum absolute atomic E-state index is 10.9. The van der Waals surface area contributed by atoms with Crippen molar-refractivity contribution in [2.75, 3.05) is 14.2 Å². The molecule has 1 heterocycles. The Morgan fingerprint density at radius 3 is 2.54 bits per heavy atom. The summed E-state index contributed by atoms with van der Waals surface area (Å²) in [6, 6.07) is 0. The first-order valence-electron chi connectivity index (χ1n) is 3.15. The van der Waals surface area contributed by atoms with Gasteiger partial charge in [0, 0.05) is 0 Å². The zero-order chi connectivity index (χ0) is 9.84. The maximum Gasteiger partial charge on any atom is 0.438 e. The fourth-order valence-corrected chi connectivity index (χ4v) is 0.615.